The van der Waals surface area contributed by atoms with Crippen LogP contribution in [0.1, 0.15) is 32.9 Å². The second kappa shape index (κ2) is 7.34. The van der Waals surface area contributed by atoms with Crippen LogP contribution in [0.25, 0.3) is 0 Å². The van der Waals surface area contributed by atoms with Gasteiger partial charge in [0.05, 0.1) is 17.1 Å². The Labute approximate surface area is 164 Å². The Morgan fingerprint density at radius 2 is 2.00 bits per heavy atom. The molecular formula is C19H21BrFN3O3. The molecule has 27 heavy (non-hydrogen) atoms. The second-order valence-electron chi connectivity index (χ2n) is 7.35. The average molecular weight is 438 g/mol. The molecule has 3 rings (SSSR count). The number of fused-ring (bicyclic) bond motifs is 1. The van der Waals surface area contributed by atoms with Crippen LogP contribution in [-0.4, -0.2) is 16.3 Å². The highest BCUT2D eigenvalue weighted by Crippen LogP contribution is 2.33. The lowest BCUT2D eigenvalue weighted by molar-refractivity contribution is 0.0635. The van der Waals surface area contributed by atoms with Gasteiger partial charge >= 0.3 is 6.09 Å². The van der Waals surface area contributed by atoms with Gasteiger partial charge in [-0.05, 0) is 51.8 Å². The van der Waals surface area contributed by atoms with Gasteiger partial charge in [-0.1, -0.05) is 15.9 Å². The molecule has 0 saturated carbocycles. The fraction of sp³-hybridized carbons (Fsp3) is 0.368. The smallest absolute Gasteiger partial charge is 0.412 e. The monoisotopic (exact) mass is 437 g/mol. The van der Waals surface area contributed by atoms with Crippen molar-refractivity contribution in [2.24, 2.45) is 0 Å². The molecule has 1 aliphatic heterocycles. The molecule has 0 saturated heterocycles. The Kier molecular flexibility index (Phi) is 5.28. The third-order valence-electron chi connectivity index (χ3n) is 4.04. The standard InChI is InChI=1S/C19H21BrFN3O3/c1-19(2,3)27-18(26)23-17-14(10-16(25)24-8-4-5-15(17)24)22-13-7-6-11(20)9-12(13)21/h6-7,9-10,22H,4-5,8H2,1-3H3,(H,23,26). The van der Waals surface area contributed by atoms with Crippen LogP contribution >= 0.6 is 15.9 Å². The first-order valence-corrected chi connectivity index (χ1v) is 9.42. The Bertz CT molecular complexity index is 950. The van der Waals surface area contributed by atoms with Gasteiger partial charge in [0.15, 0.2) is 0 Å². The largest absolute Gasteiger partial charge is 0.444 e. The van der Waals surface area contributed by atoms with Crippen molar-refractivity contribution in [3.05, 3.63) is 50.6 Å². The number of nitrogens with zero attached hydrogens (tertiary/aromatic N) is 1. The molecule has 2 heterocycles. The van der Waals surface area contributed by atoms with Crippen molar-refractivity contribution in [2.45, 2.75) is 45.8 Å². The summed E-state index contributed by atoms with van der Waals surface area (Å²) in [7, 11) is 0. The average Bonchev–Trinajstić information content (AvgIpc) is 3.02. The number of carbonyl (C=O) groups is 1. The topological polar surface area (TPSA) is 72.4 Å². The van der Waals surface area contributed by atoms with E-state index in [2.05, 4.69) is 26.6 Å². The molecule has 8 heteroatoms. The number of hydrogen-bond acceptors (Lipinski definition) is 4. The summed E-state index contributed by atoms with van der Waals surface area (Å²) in [5.74, 6) is -0.479. The SMILES string of the molecule is CC(C)(C)OC(=O)Nc1c(Nc2ccc(Br)cc2F)cc(=O)n2c1CCC2. The van der Waals surface area contributed by atoms with Crippen molar-refractivity contribution >= 4 is 39.1 Å². The lowest BCUT2D eigenvalue weighted by Crippen LogP contribution is -2.29. The highest BCUT2D eigenvalue weighted by molar-refractivity contribution is 9.10. The molecule has 0 bridgehead atoms. The highest BCUT2D eigenvalue weighted by atomic mass is 79.9. The van der Waals surface area contributed by atoms with E-state index in [0.29, 0.717) is 34.5 Å². The van der Waals surface area contributed by atoms with Crippen molar-refractivity contribution in [3.63, 3.8) is 0 Å². The van der Waals surface area contributed by atoms with Gasteiger partial charge in [0, 0.05) is 22.8 Å². The van der Waals surface area contributed by atoms with Gasteiger partial charge < -0.3 is 14.6 Å². The lowest BCUT2D eigenvalue weighted by Gasteiger charge is -2.22. The quantitative estimate of drug-likeness (QED) is 0.723. The van der Waals surface area contributed by atoms with Gasteiger partial charge in [0.25, 0.3) is 5.56 Å². The molecule has 6 nitrogen and oxygen atoms in total. The van der Waals surface area contributed by atoms with E-state index in [1.807, 2.05) is 0 Å². The molecule has 0 unspecified atom stereocenters. The van der Waals surface area contributed by atoms with Crippen LogP contribution in [0, 0.1) is 5.82 Å². The number of benzene rings is 1. The van der Waals surface area contributed by atoms with Crippen molar-refractivity contribution in [1.82, 2.24) is 4.57 Å². The highest BCUT2D eigenvalue weighted by Gasteiger charge is 2.24. The normalized spacial score (nSPS) is 13.2. The number of amides is 1. The van der Waals surface area contributed by atoms with Crippen molar-refractivity contribution in [1.29, 1.82) is 0 Å². The predicted molar refractivity (Wildman–Crippen MR) is 106 cm³/mol. The molecule has 0 radical (unpaired) electrons. The zero-order chi connectivity index (χ0) is 19.8. The number of nitrogens with one attached hydrogen (secondary N) is 2. The van der Waals surface area contributed by atoms with E-state index in [1.54, 1.807) is 37.5 Å². The molecule has 2 N–H and O–H groups in total. The van der Waals surface area contributed by atoms with Crippen LogP contribution < -0.4 is 16.2 Å². The van der Waals surface area contributed by atoms with Gasteiger partial charge in [-0.15, -0.1) is 0 Å². The van der Waals surface area contributed by atoms with Crippen LogP contribution in [0.5, 0.6) is 0 Å². The van der Waals surface area contributed by atoms with E-state index in [-0.39, 0.29) is 11.2 Å². The minimum atomic E-state index is -0.662. The van der Waals surface area contributed by atoms with Gasteiger partial charge in [0.1, 0.15) is 11.4 Å². The number of hydrogen-bond donors (Lipinski definition) is 2. The molecule has 0 fully saturated rings. The molecule has 2 aromatic rings. The minimum Gasteiger partial charge on any atom is -0.444 e. The Morgan fingerprint density at radius 1 is 1.26 bits per heavy atom. The molecule has 0 aliphatic carbocycles. The number of rotatable bonds is 3. The first-order chi connectivity index (χ1) is 12.6. The molecule has 144 valence electrons. The second-order valence-corrected chi connectivity index (χ2v) is 8.26. The van der Waals surface area contributed by atoms with Crippen LogP contribution in [-0.2, 0) is 17.7 Å². The minimum absolute atomic E-state index is 0.197. The maximum absolute atomic E-state index is 14.2. The Hall–Kier alpha value is -2.35. The third kappa shape index (κ3) is 4.50. The molecule has 0 spiro atoms. The van der Waals surface area contributed by atoms with E-state index in [9.17, 15) is 14.0 Å². The van der Waals surface area contributed by atoms with Crippen molar-refractivity contribution < 1.29 is 13.9 Å². The number of carbonyl (C=O) groups excluding carboxylic acids is 1. The number of halogens is 2. The maximum Gasteiger partial charge on any atom is 0.412 e. The van der Waals surface area contributed by atoms with Crippen LogP contribution in [0.4, 0.5) is 26.2 Å². The molecule has 1 aromatic heterocycles. The molecule has 1 aliphatic rings. The van der Waals surface area contributed by atoms with E-state index in [4.69, 9.17) is 4.74 Å². The summed E-state index contributed by atoms with van der Waals surface area (Å²) in [5.41, 5.74) is 0.812. The van der Waals surface area contributed by atoms with E-state index < -0.39 is 17.5 Å². The van der Waals surface area contributed by atoms with Crippen molar-refractivity contribution in [3.8, 4) is 0 Å². The summed E-state index contributed by atoms with van der Waals surface area (Å²) < 4.78 is 21.8. The summed E-state index contributed by atoms with van der Waals surface area (Å²) in [6.45, 7) is 5.89. The molecule has 0 atom stereocenters. The fourth-order valence-corrected chi connectivity index (χ4v) is 3.32. The summed E-state index contributed by atoms with van der Waals surface area (Å²) in [5, 5.41) is 5.66. The molecule has 1 amide bonds. The predicted octanol–water partition coefficient (Wildman–Crippen LogP) is 4.79. The zero-order valence-corrected chi connectivity index (χ0v) is 16.9. The van der Waals surface area contributed by atoms with Crippen molar-refractivity contribution in [2.75, 3.05) is 10.6 Å². The van der Waals surface area contributed by atoms with Gasteiger partial charge in [-0.2, -0.15) is 0 Å². The first kappa shape index (κ1) is 19.4. The molecular weight excluding hydrogens is 417 g/mol. The van der Waals surface area contributed by atoms with Gasteiger partial charge in [-0.25, -0.2) is 9.18 Å². The summed E-state index contributed by atoms with van der Waals surface area (Å²) in [4.78, 5) is 24.7. The zero-order valence-electron chi connectivity index (χ0n) is 15.4. The summed E-state index contributed by atoms with van der Waals surface area (Å²) in [6.07, 6.45) is 0.808. The number of aromatic nitrogens is 1. The summed E-state index contributed by atoms with van der Waals surface area (Å²) in [6, 6.07) is 5.93. The Morgan fingerprint density at radius 3 is 2.67 bits per heavy atom. The molecule has 1 aromatic carbocycles. The van der Waals surface area contributed by atoms with Crippen LogP contribution in [0.2, 0.25) is 0 Å². The number of anilines is 3. The third-order valence-corrected chi connectivity index (χ3v) is 4.53. The number of pyridine rings is 1. The summed E-state index contributed by atoms with van der Waals surface area (Å²) >= 11 is 3.21. The van der Waals surface area contributed by atoms with Crippen LogP contribution in [0.3, 0.4) is 0 Å². The van der Waals surface area contributed by atoms with Gasteiger partial charge in [0.2, 0.25) is 0 Å². The maximum atomic E-state index is 14.2. The van der Waals surface area contributed by atoms with E-state index in [1.165, 1.54) is 12.1 Å². The Balaban J connectivity index is 2.01. The van der Waals surface area contributed by atoms with E-state index >= 15 is 0 Å². The van der Waals surface area contributed by atoms with E-state index in [0.717, 1.165) is 6.42 Å². The van der Waals surface area contributed by atoms with Gasteiger partial charge in [-0.3, -0.25) is 10.1 Å². The number of ether oxygens (including phenoxy) is 1. The lowest BCUT2D eigenvalue weighted by atomic mass is 10.2. The van der Waals surface area contributed by atoms with Crippen LogP contribution in [0.15, 0.2) is 33.5 Å². The first-order valence-electron chi connectivity index (χ1n) is 8.63. The fourth-order valence-electron chi connectivity index (χ4n) is 2.99.